The average Bonchev–Trinajstić information content (AvgIpc) is 2.82. The maximum absolute atomic E-state index is 11.9. The van der Waals surface area contributed by atoms with Crippen molar-refractivity contribution in [2.45, 2.75) is 11.4 Å². The molecule has 0 saturated carbocycles. The minimum Gasteiger partial charge on any atom is -0.378 e. The number of aryl methyl sites for hydroxylation is 1. The van der Waals surface area contributed by atoms with E-state index in [2.05, 4.69) is 15.0 Å². The molecular formula is C12H16N4O2S. The Balaban J connectivity index is 2.24. The van der Waals surface area contributed by atoms with E-state index in [0.29, 0.717) is 12.2 Å². The summed E-state index contributed by atoms with van der Waals surface area (Å²) in [6, 6.07) is 6.79. The van der Waals surface area contributed by atoms with E-state index < -0.39 is 10.0 Å². The second kappa shape index (κ2) is 5.41. The zero-order chi connectivity index (χ0) is 13.9. The molecule has 102 valence electrons. The van der Waals surface area contributed by atoms with Crippen molar-refractivity contribution in [2.75, 3.05) is 12.4 Å². The molecule has 6 nitrogen and oxygen atoms in total. The quantitative estimate of drug-likeness (QED) is 0.854. The predicted octanol–water partition coefficient (Wildman–Crippen LogP) is 0.940. The number of hydrogen-bond acceptors (Lipinski definition) is 4. The lowest BCUT2D eigenvalue weighted by molar-refractivity contribution is 0.588. The van der Waals surface area contributed by atoms with Crippen LogP contribution < -0.4 is 10.0 Å². The fourth-order valence-corrected chi connectivity index (χ4v) is 2.61. The highest BCUT2D eigenvalue weighted by Crippen LogP contribution is 2.20. The second-order valence-corrected chi connectivity index (χ2v) is 5.91. The van der Waals surface area contributed by atoms with Crippen molar-refractivity contribution >= 4 is 15.7 Å². The highest BCUT2D eigenvalue weighted by Gasteiger charge is 2.15. The SMILES string of the molecule is CNS(=O)(=O)c1ccccc1NCc1cncn1C. The van der Waals surface area contributed by atoms with Gasteiger partial charge in [-0.2, -0.15) is 0 Å². The Hall–Kier alpha value is -1.86. The van der Waals surface area contributed by atoms with E-state index in [1.807, 2.05) is 11.6 Å². The van der Waals surface area contributed by atoms with Gasteiger partial charge in [-0.1, -0.05) is 12.1 Å². The molecule has 0 atom stereocenters. The molecule has 0 radical (unpaired) electrons. The van der Waals surface area contributed by atoms with Gasteiger partial charge in [-0.15, -0.1) is 0 Å². The molecule has 19 heavy (non-hydrogen) atoms. The first-order valence-electron chi connectivity index (χ1n) is 5.76. The van der Waals surface area contributed by atoms with Crippen LogP contribution in [0.5, 0.6) is 0 Å². The van der Waals surface area contributed by atoms with E-state index in [0.717, 1.165) is 5.69 Å². The van der Waals surface area contributed by atoms with Gasteiger partial charge in [-0.3, -0.25) is 0 Å². The Morgan fingerprint density at radius 3 is 2.68 bits per heavy atom. The summed E-state index contributed by atoms with van der Waals surface area (Å²) in [7, 11) is -0.180. The number of sulfonamides is 1. The van der Waals surface area contributed by atoms with Gasteiger partial charge in [-0.05, 0) is 19.2 Å². The Bertz CT molecular complexity index is 664. The summed E-state index contributed by atoms with van der Waals surface area (Å²) in [5, 5.41) is 3.12. The monoisotopic (exact) mass is 280 g/mol. The third-order valence-corrected chi connectivity index (χ3v) is 4.29. The van der Waals surface area contributed by atoms with Crippen LogP contribution in [0, 0.1) is 0 Å². The Labute approximate surface area is 112 Å². The summed E-state index contributed by atoms with van der Waals surface area (Å²) < 4.78 is 28.0. The molecule has 0 aliphatic rings. The molecule has 0 aliphatic carbocycles. The molecule has 1 aromatic carbocycles. The number of imidazole rings is 1. The largest absolute Gasteiger partial charge is 0.378 e. The van der Waals surface area contributed by atoms with Gasteiger partial charge in [0.1, 0.15) is 4.90 Å². The van der Waals surface area contributed by atoms with Gasteiger partial charge in [0, 0.05) is 13.2 Å². The van der Waals surface area contributed by atoms with Gasteiger partial charge in [0.15, 0.2) is 0 Å². The van der Waals surface area contributed by atoms with Crippen LogP contribution in [0.25, 0.3) is 0 Å². The van der Waals surface area contributed by atoms with E-state index in [-0.39, 0.29) is 4.90 Å². The number of nitrogens with one attached hydrogen (secondary N) is 2. The topological polar surface area (TPSA) is 76.0 Å². The average molecular weight is 280 g/mol. The molecule has 1 aromatic heterocycles. The Morgan fingerprint density at radius 1 is 1.32 bits per heavy atom. The van der Waals surface area contributed by atoms with Crippen molar-refractivity contribution in [3.8, 4) is 0 Å². The van der Waals surface area contributed by atoms with Gasteiger partial charge in [-0.25, -0.2) is 18.1 Å². The third-order valence-electron chi connectivity index (χ3n) is 2.82. The summed E-state index contributed by atoms with van der Waals surface area (Å²) in [6.45, 7) is 0.507. The Morgan fingerprint density at radius 2 is 2.05 bits per heavy atom. The van der Waals surface area contributed by atoms with E-state index in [4.69, 9.17) is 0 Å². The van der Waals surface area contributed by atoms with Gasteiger partial charge >= 0.3 is 0 Å². The first-order chi connectivity index (χ1) is 9.04. The zero-order valence-corrected chi connectivity index (χ0v) is 11.6. The third kappa shape index (κ3) is 2.94. The van der Waals surface area contributed by atoms with Gasteiger partial charge in [0.25, 0.3) is 0 Å². The lowest BCUT2D eigenvalue weighted by Gasteiger charge is -2.12. The second-order valence-electron chi connectivity index (χ2n) is 4.05. The summed E-state index contributed by atoms with van der Waals surface area (Å²) in [5.74, 6) is 0. The fraction of sp³-hybridized carbons (Fsp3) is 0.250. The van der Waals surface area contributed by atoms with Crippen LogP contribution in [-0.2, 0) is 23.6 Å². The van der Waals surface area contributed by atoms with Crippen molar-refractivity contribution in [3.63, 3.8) is 0 Å². The van der Waals surface area contributed by atoms with Crippen LogP contribution in [-0.4, -0.2) is 25.0 Å². The highest BCUT2D eigenvalue weighted by atomic mass is 32.2. The lowest BCUT2D eigenvalue weighted by Crippen LogP contribution is -2.20. The first-order valence-corrected chi connectivity index (χ1v) is 7.24. The maximum atomic E-state index is 11.9. The van der Waals surface area contributed by atoms with Crippen molar-refractivity contribution in [1.29, 1.82) is 0 Å². The highest BCUT2D eigenvalue weighted by molar-refractivity contribution is 7.89. The molecule has 7 heteroatoms. The van der Waals surface area contributed by atoms with Crippen molar-refractivity contribution < 1.29 is 8.42 Å². The maximum Gasteiger partial charge on any atom is 0.242 e. The molecule has 2 rings (SSSR count). The number of hydrogen-bond donors (Lipinski definition) is 2. The summed E-state index contributed by atoms with van der Waals surface area (Å²) in [4.78, 5) is 4.25. The lowest BCUT2D eigenvalue weighted by atomic mass is 10.3. The molecule has 0 amide bonds. The molecule has 2 aromatic rings. The van der Waals surface area contributed by atoms with E-state index in [9.17, 15) is 8.42 Å². The van der Waals surface area contributed by atoms with Crippen molar-refractivity contribution in [1.82, 2.24) is 14.3 Å². The summed E-state index contributed by atoms with van der Waals surface area (Å²) in [5.41, 5.74) is 1.54. The van der Waals surface area contributed by atoms with Gasteiger partial charge in [0.05, 0.1) is 24.3 Å². The van der Waals surface area contributed by atoms with Crippen LogP contribution in [0.15, 0.2) is 41.7 Å². The van der Waals surface area contributed by atoms with Crippen LogP contribution >= 0.6 is 0 Å². The van der Waals surface area contributed by atoms with Crippen LogP contribution in [0.3, 0.4) is 0 Å². The predicted molar refractivity (Wildman–Crippen MR) is 73.2 cm³/mol. The smallest absolute Gasteiger partial charge is 0.242 e. The molecule has 0 unspecified atom stereocenters. The van der Waals surface area contributed by atoms with Crippen LogP contribution in [0.1, 0.15) is 5.69 Å². The summed E-state index contributed by atoms with van der Waals surface area (Å²) in [6.07, 6.45) is 3.44. The zero-order valence-electron chi connectivity index (χ0n) is 10.8. The molecule has 0 fully saturated rings. The van der Waals surface area contributed by atoms with E-state index in [1.165, 1.54) is 7.05 Å². The number of benzene rings is 1. The molecule has 1 heterocycles. The standard InChI is InChI=1S/C12H16N4O2S/c1-13-19(17,18)12-6-4-3-5-11(12)15-8-10-7-14-9-16(10)2/h3-7,9,13,15H,8H2,1-2H3. The molecular weight excluding hydrogens is 264 g/mol. The van der Waals surface area contributed by atoms with E-state index >= 15 is 0 Å². The van der Waals surface area contributed by atoms with Crippen molar-refractivity contribution in [3.05, 3.63) is 42.5 Å². The fourth-order valence-electron chi connectivity index (χ4n) is 1.70. The number of rotatable bonds is 5. The van der Waals surface area contributed by atoms with Crippen LogP contribution in [0.4, 0.5) is 5.69 Å². The number of nitrogens with zero attached hydrogens (tertiary/aromatic N) is 2. The van der Waals surface area contributed by atoms with Gasteiger partial charge in [0.2, 0.25) is 10.0 Å². The molecule has 2 N–H and O–H groups in total. The minimum atomic E-state index is -3.46. The van der Waals surface area contributed by atoms with E-state index in [1.54, 1.807) is 36.8 Å². The molecule has 0 aliphatic heterocycles. The Kier molecular flexibility index (Phi) is 3.87. The molecule has 0 spiro atoms. The first kappa shape index (κ1) is 13.6. The van der Waals surface area contributed by atoms with Crippen LogP contribution in [0.2, 0.25) is 0 Å². The minimum absolute atomic E-state index is 0.236. The summed E-state index contributed by atoms with van der Waals surface area (Å²) >= 11 is 0. The van der Waals surface area contributed by atoms with Gasteiger partial charge < -0.3 is 9.88 Å². The van der Waals surface area contributed by atoms with Crippen molar-refractivity contribution in [2.24, 2.45) is 7.05 Å². The number of anilines is 1. The molecule has 0 bridgehead atoms. The molecule has 0 saturated heterocycles. The normalized spacial score (nSPS) is 11.5. The number of aromatic nitrogens is 2. The number of para-hydroxylation sites is 1.